The lowest BCUT2D eigenvalue weighted by atomic mass is 10.2. The molecule has 5 nitrogen and oxygen atoms in total. The van der Waals surface area contributed by atoms with Gasteiger partial charge in [0.1, 0.15) is 9.46 Å². The molecule has 0 bridgehead atoms. The van der Waals surface area contributed by atoms with Gasteiger partial charge in [0.2, 0.25) is 10.0 Å². The van der Waals surface area contributed by atoms with E-state index in [9.17, 15) is 16.8 Å². The molecule has 0 spiro atoms. The minimum absolute atomic E-state index is 0.113. The van der Waals surface area contributed by atoms with Crippen molar-refractivity contribution in [3.8, 4) is 0 Å². The van der Waals surface area contributed by atoms with Crippen LogP contribution in [0.3, 0.4) is 0 Å². The Hall–Kier alpha value is -1.52. The number of aryl methyl sites for hydroxylation is 1. The van der Waals surface area contributed by atoms with E-state index in [4.69, 9.17) is 0 Å². The van der Waals surface area contributed by atoms with Gasteiger partial charge in [-0.3, -0.25) is 0 Å². The zero-order valence-corrected chi connectivity index (χ0v) is 17.1. The maximum atomic E-state index is 13.0. The first-order valence-electron chi connectivity index (χ1n) is 7.68. The summed E-state index contributed by atoms with van der Waals surface area (Å²) in [5.74, 6) is 0. The molecule has 1 N–H and O–H groups in total. The predicted molar refractivity (Wildman–Crippen MR) is 105 cm³/mol. The first-order valence-corrected chi connectivity index (χ1v) is 12.5. The van der Waals surface area contributed by atoms with Gasteiger partial charge in [-0.2, -0.15) is 0 Å². The number of benzene rings is 1. The molecule has 3 aromatic rings. The monoisotopic (exact) mass is 427 g/mol. The van der Waals surface area contributed by atoms with Crippen LogP contribution >= 0.6 is 22.7 Å². The summed E-state index contributed by atoms with van der Waals surface area (Å²) in [5, 5.41) is 2.50. The molecule has 1 aromatic carbocycles. The molecule has 0 radical (unpaired) electrons. The molecule has 9 heteroatoms. The van der Waals surface area contributed by atoms with E-state index in [0.29, 0.717) is 4.88 Å². The van der Waals surface area contributed by atoms with Crippen LogP contribution in [0.5, 0.6) is 0 Å². The Morgan fingerprint density at radius 3 is 2.15 bits per heavy atom. The largest absolute Gasteiger partial charge is 0.240 e. The molecule has 1 atom stereocenters. The SMILES string of the molecule is Cc1ccc(S(=O)(=O)NC[C@@H](c2cccs2)S(=O)(=O)c2cccs2)cc1. The van der Waals surface area contributed by atoms with E-state index < -0.39 is 25.1 Å². The standard InChI is InChI=1S/C17H17NO4S4/c1-13-6-8-14(9-7-13)26(21,22)18-12-16(15-4-2-10-23-15)25(19,20)17-5-3-11-24-17/h2-11,16,18H,12H2,1H3/t16-/m0/s1. The Morgan fingerprint density at radius 2 is 1.58 bits per heavy atom. The van der Waals surface area contributed by atoms with E-state index in [1.54, 1.807) is 41.1 Å². The number of sulfonamides is 1. The van der Waals surface area contributed by atoms with Crippen molar-refractivity contribution in [3.63, 3.8) is 0 Å². The quantitative estimate of drug-likeness (QED) is 0.625. The second-order valence-electron chi connectivity index (χ2n) is 5.65. The molecule has 26 heavy (non-hydrogen) atoms. The molecule has 0 fully saturated rings. The smallest absolute Gasteiger partial charge is 0.222 e. The van der Waals surface area contributed by atoms with Gasteiger partial charge in [0.25, 0.3) is 0 Å². The molecule has 0 saturated carbocycles. The van der Waals surface area contributed by atoms with Crippen LogP contribution in [0.1, 0.15) is 15.7 Å². The van der Waals surface area contributed by atoms with Crippen molar-refractivity contribution < 1.29 is 16.8 Å². The molecule has 0 amide bonds. The summed E-state index contributed by atoms with van der Waals surface area (Å²) < 4.78 is 53.7. The van der Waals surface area contributed by atoms with Crippen molar-refractivity contribution in [2.45, 2.75) is 21.3 Å². The van der Waals surface area contributed by atoms with Gasteiger partial charge in [-0.25, -0.2) is 21.6 Å². The molecular formula is C17H17NO4S4. The molecule has 0 aliphatic rings. The summed E-state index contributed by atoms with van der Waals surface area (Å²) in [7, 11) is -7.49. The average molecular weight is 428 g/mol. The summed E-state index contributed by atoms with van der Waals surface area (Å²) in [6.45, 7) is 1.64. The molecule has 2 aromatic heterocycles. The Labute approximate surface area is 161 Å². The van der Waals surface area contributed by atoms with Crippen LogP contribution in [-0.4, -0.2) is 23.4 Å². The number of thiophene rings is 2. The van der Waals surface area contributed by atoms with Gasteiger partial charge in [-0.05, 0) is 41.9 Å². The highest BCUT2D eigenvalue weighted by Gasteiger charge is 2.32. The zero-order chi connectivity index (χ0) is 18.8. The van der Waals surface area contributed by atoms with Gasteiger partial charge < -0.3 is 0 Å². The van der Waals surface area contributed by atoms with E-state index in [0.717, 1.165) is 16.9 Å². The third-order valence-corrected chi connectivity index (χ3v) is 9.89. The van der Waals surface area contributed by atoms with Crippen molar-refractivity contribution in [1.82, 2.24) is 4.72 Å². The van der Waals surface area contributed by atoms with E-state index >= 15 is 0 Å². The van der Waals surface area contributed by atoms with E-state index in [-0.39, 0.29) is 15.6 Å². The molecule has 0 unspecified atom stereocenters. The van der Waals surface area contributed by atoms with Crippen LogP contribution in [0.25, 0.3) is 0 Å². The van der Waals surface area contributed by atoms with Crippen LogP contribution in [0, 0.1) is 6.92 Å². The summed E-state index contributed by atoms with van der Waals surface area (Å²) in [5.41, 5.74) is 0.945. The lowest BCUT2D eigenvalue weighted by Crippen LogP contribution is -2.31. The van der Waals surface area contributed by atoms with E-state index in [2.05, 4.69) is 4.72 Å². The summed E-state index contributed by atoms with van der Waals surface area (Å²) in [4.78, 5) is 0.714. The van der Waals surface area contributed by atoms with E-state index in [1.807, 2.05) is 6.92 Å². The number of hydrogen-bond acceptors (Lipinski definition) is 6. The lowest BCUT2D eigenvalue weighted by molar-refractivity contribution is 0.570. The fraction of sp³-hybridized carbons (Fsp3) is 0.176. The normalized spacial score (nSPS) is 13.6. The van der Waals surface area contributed by atoms with E-state index in [1.165, 1.54) is 29.5 Å². The Morgan fingerprint density at radius 1 is 0.923 bits per heavy atom. The Balaban J connectivity index is 1.89. The van der Waals surface area contributed by atoms with Gasteiger partial charge in [-0.15, -0.1) is 22.7 Å². The first kappa shape index (κ1) is 19.2. The molecule has 3 rings (SSSR count). The van der Waals surface area contributed by atoms with Crippen molar-refractivity contribution in [3.05, 3.63) is 69.7 Å². The highest BCUT2D eigenvalue weighted by molar-refractivity contribution is 7.94. The molecule has 0 saturated heterocycles. The van der Waals surface area contributed by atoms with Crippen LogP contribution in [-0.2, 0) is 19.9 Å². The summed E-state index contributed by atoms with van der Waals surface area (Å²) in [6, 6.07) is 13.1. The van der Waals surface area contributed by atoms with Gasteiger partial charge in [0.05, 0.1) is 4.90 Å². The minimum atomic E-state index is -3.80. The second kappa shape index (κ2) is 7.61. The first-order chi connectivity index (χ1) is 12.3. The third kappa shape index (κ3) is 4.07. The molecule has 2 heterocycles. The summed E-state index contributed by atoms with van der Waals surface area (Å²) in [6.07, 6.45) is 0. The maximum Gasteiger partial charge on any atom is 0.240 e. The molecular weight excluding hydrogens is 410 g/mol. The van der Waals surface area contributed by atoms with Crippen molar-refractivity contribution in [2.24, 2.45) is 0 Å². The zero-order valence-electron chi connectivity index (χ0n) is 13.8. The molecule has 0 aliphatic heterocycles. The minimum Gasteiger partial charge on any atom is -0.222 e. The van der Waals surface area contributed by atoms with Gasteiger partial charge in [-0.1, -0.05) is 29.8 Å². The molecule has 138 valence electrons. The maximum absolute atomic E-state index is 13.0. The number of sulfone groups is 1. The predicted octanol–water partition coefficient (Wildman–Crippen LogP) is 3.61. The second-order valence-corrected chi connectivity index (χ2v) is 11.7. The van der Waals surface area contributed by atoms with Crippen LogP contribution in [0.4, 0.5) is 0 Å². The van der Waals surface area contributed by atoms with Gasteiger partial charge in [0.15, 0.2) is 9.84 Å². The van der Waals surface area contributed by atoms with Crippen LogP contribution in [0.15, 0.2) is 68.4 Å². The molecule has 0 aliphatic carbocycles. The van der Waals surface area contributed by atoms with Gasteiger partial charge >= 0.3 is 0 Å². The topological polar surface area (TPSA) is 80.3 Å². The number of rotatable bonds is 7. The van der Waals surface area contributed by atoms with Crippen molar-refractivity contribution in [1.29, 1.82) is 0 Å². The van der Waals surface area contributed by atoms with Gasteiger partial charge in [0, 0.05) is 11.4 Å². The number of hydrogen-bond donors (Lipinski definition) is 1. The lowest BCUT2D eigenvalue weighted by Gasteiger charge is -2.16. The highest BCUT2D eigenvalue weighted by Crippen LogP contribution is 2.33. The van der Waals surface area contributed by atoms with Crippen LogP contribution in [0.2, 0.25) is 0 Å². The van der Waals surface area contributed by atoms with Crippen molar-refractivity contribution in [2.75, 3.05) is 6.54 Å². The third-order valence-electron chi connectivity index (χ3n) is 3.80. The van der Waals surface area contributed by atoms with Crippen molar-refractivity contribution >= 4 is 42.5 Å². The summed E-state index contributed by atoms with van der Waals surface area (Å²) >= 11 is 2.42. The Bertz CT molecular complexity index is 1050. The van der Waals surface area contributed by atoms with Crippen LogP contribution < -0.4 is 4.72 Å². The average Bonchev–Trinajstić information content (AvgIpc) is 3.29. The fourth-order valence-electron chi connectivity index (χ4n) is 2.39. The highest BCUT2D eigenvalue weighted by atomic mass is 32.2. The fourth-order valence-corrected chi connectivity index (χ4v) is 7.53. The Kier molecular flexibility index (Phi) is 5.64. The number of nitrogens with one attached hydrogen (secondary N) is 1.